The molecule has 0 saturated carbocycles. The van der Waals surface area contributed by atoms with Gasteiger partial charge in [0.2, 0.25) is 0 Å². The minimum absolute atomic E-state index is 0.0620. The molecule has 1 atom stereocenters. The summed E-state index contributed by atoms with van der Waals surface area (Å²) in [5.74, 6) is 0.359. The van der Waals surface area contributed by atoms with Gasteiger partial charge in [0.05, 0.1) is 11.8 Å². The molecule has 5 heteroatoms. The molecule has 0 spiro atoms. The smallest absolute Gasteiger partial charge is 0.255 e. The Hall–Kier alpha value is -2.95. The quantitative estimate of drug-likeness (QED) is 0.787. The van der Waals surface area contributed by atoms with Gasteiger partial charge in [-0.3, -0.25) is 14.9 Å². The fourth-order valence-electron chi connectivity index (χ4n) is 3.70. The van der Waals surface area contributed by atoms with Crippen LogP contribution in [-0.4, -0.2) is 39.1 Å². The lowest BCUT2D eigenvalue weighted by Crippen LogP contribution is -2.39. The summed E-state index contributed by atoms with van der Waals surface area (Å²) in [7, 11) is 0. The largest absolute Gasteiger partial charge is 0.338 e. The Labute approximate surface area is 153 Å². The second-order valence-corrected chi connectivity index (χ2v) is 6.80. The van der Waals surface area contributed by atoms with Crippen molar-refractivity contribution in [1.29, 1.82) is 0 Å². The number of H-pyrrole nitrogens is 1. The maximum absolute atomic E-state index is 12.8. The number of aromatic nitrogens is 3. The molecule has 3 heterocycles. The molecule has 2 aromatic heterocycles. The molecule has 1 saturated heterocycles. The molecule has 1 fully saturated rings. The molecule has 0 bridgehead atoms. The molecule has 26 heavy (non-hydrogen) atoms. The van der Waals surface area contributed by atoms with Gasteiger partial charge in [-0.2, -0.15) is 5.10 Å². The number of piperidine rings is 1. The lowest BCUT2D eigenvalue weighted by molar-refractivity contribution is 0.0705. The molecule has 1 amide bonds. The van der Waals surface area contributed by atoms with Gasteiger partial charge in [0, 0.05) is 43.5 Å². The summed E-state index contributed by atoms with van der Waals surface area (Å²) < 4.78 is 0. The van der Waals surface area contributed by atoms with Crippen LogP contribution in [0, 0.1) is 0 Å². The number of rotatable bonds is 4. The van der Waals surface area contributed by atoms with E-state index in [1.54, 1.807) is 12.4 Å². The number of hydrogen-bond donors (Lipinski definition) is 1. The third-order valence-corrected chi connectivity index (χ3v) is 5.01. The average Bonchev–Trinajstić information content (AvgIpc) is 3.17. The molecular weight excluding hydrogens is 324 g/mol. The first-order chi connectivity index (χ1) is 12.8. The normalized spacial score (nSPS) is 17.2. The molecule has 1 aromatic carbocycles. The van der Waals surface area contributed by atoms with Crippen molar-refractivity contribution in [2.45, 2.75) is 25.2 Å². The first-order valence-corrected chi connectivity index (χ1v) is 9.06. The molecule has 4 rings (SSSR count). The highest BCUT2D eigenvalue weighted by molar-refractivity contribution is 5.94. The van der Waals surface area contributed by atoms with Gasteiger partial charge >= 0.3 is 0 Å². The van der Waals surface area contributed by atoms with Crippen LogP contribution >= 0.6 is 0 Å². The number of benzene rings is 1. The second kappa shape index (κ2) is 7.52. The Morgan fingerprint density at radius 2 is 2.04 bits per heavy atom. The van der Waals surface area contributed by atoms with E-state index in [4.69, 9.17) is 0 Å². The fourth-order valence-corrected chi connectivity index (χ4v) is 3.70. The van der Waals surface area contributed by atoms with Crippen LogP contribution in [0.15, 0.2) is 61.1 Å². The van der Waals surface area contributed by atoms with Gasteiger partial charge < -0.3 is 4.90 Å². The number of amides is 1. The van der Waals surface area contributed by atoms with E-state index < -0.39 is 0 Å². The second-order valence-electron chi connectivity index (χ2n) is 6.80. The topological polar surface area (TPSA) is 61.9 Å². The number of aromatic amines is 1. The van der Waals surface area contributed by atoms with Crippen molar-refractivity contribution in [2.75, 3.05) is 13.1 Å². The third-order valence-electron chi connectivity index (χ3n) is 5.01. The fraction of sp³-hybridized carbons (Fsp3) is 0.286. The average molecular weight is 346 g/mol. The van der Waals surface area contributed by atoms with E-state index in [2.05, 4.69) is 39.4 Å². The summed E-state index contributed by atoms with van der Waals surface area (Å²) in [4.78, 5) is 18.8. The molecule has 132 valence electrons. The molecule has 0 aliphatic carbocycles. The van der Waals surface area contributed by atoms with Gasteiger partial charge in [-0.25, -0.2) is 0 Å². The summed E-state index contributed by atoms with van der Waals surface area (Å²) >= 11 is 0. The Morgan fingerprint density at radius 1 is 1.15 bits per heavy atom. The van der Waals surface area contributed by atoms with Crippen molar-refractivity contribution >= 4 is 5.91 Å². The van der Waals surface area contributed by atoms with E-state index in [9.17, 15) is 4.79 Å². The predicted octanol–water partition coefficient (Wildman–Crippen LogP) is 3.42. The number of carbonyl (C=O) groups excluding carboxylic acids is 1. The summed E-state index contributed by atoms with van der Waals surface area (Å²) in [6, 6.07) is 14.1. The van der Waals surface area contributed by atoms with Crippen molar-refractivity contribution in [3.8, 4) is 0 Å². The minimum Gasteiger partial charge on any atom is -0.338 e. The molecular formula is C21H22N4O. The molecule has 1 aliphatic heterocycles. The van der Waals surface area contributed by atoms with Crippen LogP contribution in [0.5, 0.6) is 0 Å². The lowest BCUT2D eigenvalue weighted by Gasteiger charge is -2.32. The van der Waals surface area contributed by atoms with E-state index in [0.717, 1.165) is 38.0 Å². The Morgan fingerprint density at radius 3 is 2.85 bits per heavy atom. The standard InChI is InChI=1S/C21H22N4O/c26-21(17-8-4-10-22-13-17)25-11-5-9-18(15-25)20-19(14-23-24-20)12-16-6-2-1-3-7-16/h1-4,6-8,10,13-14,18H,5,9,11-12,15H2,(H,23,24)/t18-/m1/s1. The van der Waals surface area contributed by atoms with Crippen LogP contribution < -0.4 is 0 Å². The number of nitrogens with zero attached hydrogens (tertiary/aromatic N) is 3. The van der Waals surface area contributed by atoms with Crippen molar-refractivity contribution in [3.05, 3.63) is 83.4 Å². The minimum atomic E-state index is 0.0620. The predicted molar refractivity (Wildman–Crippen MR) is 100.0 cm³/mol. The monoisotopic (exact) mass is 346 g/mol. The van der Waals surface area contributed by atoms with Crippen LogP contribution in [0.4, 0.5) is 0 Å². The van der Waals surface area contributed by atoms with Gasteiger partial charge in [-0.1, -0.05) is 30.3 Å². The molecule has 1 aliphatic rings. The summed E-state index contributed by atoms with van der Waals surface area (Å²) in [6.07, 6.45) is 8.18. The molecule has 1 N–H and O–H groups in total. The molecule has 0 unspecified atom stereocenters. The maximum Gasteiger partial charge on any atom is 0.255 e. The first kappa shape index (κ1) is 16.5. The highest BCUT2D eigenvalue weighted by Gasteiger charge is 2.28. The molecule has 3 aromatic rings. The van der Waals surface area contributed by atoms with Crippen molar-refractivity contribution in [1.82, 2.24) is 20.1 Å². The summed E-state index contributed by atoms with van der Waals surface area (Å²) in [5, 5.41) is 7.48. The zero-order valence-corrected chi connectivity index (χ0v) is 14.6. The Kier molecular flexibility index (Phi) is 4.78. The Bertz CT molecular complexity index is 860. The SMILES string of the molecule is O=C(c1cccnc1)N1CCC[C@@H](c2[nH]ncc2Cc2ccccc2)C1. The molecule has 5 nitrogen and oxygen atoms in total. The number of pyridine rings is 1. The Balaban J connectivity index is 1.50. The zero-order chi connectivity index (χ0) is 17.8. The van der Waals surface area contributed by atoms with Crippen LogP contribution in [-0.2, 0) is 6.42 Å². The van der Waals surface area contributed by atoms with Gasteiger partial charge in [0.25, 0.3) is 5.91 Å². The van der Waals surface area contributed by atoms with E-state index >= 15 is 0 Å². The third kappa shape index (κ3) is 3.52. The van der Waals surface area contributed by atoms with Crippen LogP contribution in [0.1, 0.15) is 45.9 Å². The van der Waals surface area contributed by atoms with E-state index in [1.165, 1.54) is 11.1 Å². The van der Waals surface area contributed by atoms with Crippen LogP contribution in [0.3, 0.4) is 0 Å². The summed E-state index contributed by atoms with van der Waals surface area (Å²) in [5.41, 5.74) is 4.31. The van der Waals surface area contributed by atoms with Crippen LogP contribution in [0.2, 0.25) is 0 Å². The highest BCUT2D eigenvalue weighted by Crippen LogP contribution is 2.29. The highest BCUT2D eigenvalue weighted by atomic mass is 16.2. The van der Waals surface area contributed by atoms with Gasteiger partial charge in [-0.05, 0) is 36.1 Å². The van der Waals surface area contributed by atoms with E-state index in [0.29, 0.717) is 11.5 Å². The number of likely N-dealkylation sites (tertiary alicyclic amines) is 1. The van der Waals surface area contributed by atoms with Crippen molar-refractivity contribution < 1.29 is 4.79 Å². The van der Waals surface area contributed by atoms with Gasteiger partial charge in [0.15, 0.2) is 0 Å². The van der Waals surface area contributed by atoms with Crippen molar-refractivity contribution in [2.24, 2.45) is 0 Å². The van der Waals surface area contributed by atoms with E-state index in [-0.39, 0.29) is 5.91 Å². The van der Waals surface area contributed by atoms with E-state index in [1.807, 2.05) is 29.3 Å². The zero-order valence-electron chi connectivity index (χ0n) is 14.6. The lowest BCUT2D eigenvalue weighted by atomic mass is 9.90. The molecule has 0 radical (unpaired) electrons. The summed E-state index contributed by atoms with van der Waals surface area (Å²) in [6.45, 7) is 1.52. The van der Waals surface area contributed by atoms with Gasteiger partial charge in [-0.15, -0.1) is 0 Å². The van der Waals surface area contributed by atoms with Crippen molar-refractivity contribution in [3.63, 3.8) is 0 Å². The van der Waals surface area contributed by atoms with Gasteiger partial charge in [0.1, 0.15) is 0 Å². The number of nitrogens with one attached hydrogen (secondary N) is 1. The first-order valence-electron chi connectivity index (χ1n) is 9.06. The number of hydrogen-bond acceptors (Lipinski definition) is 3. The van der Waals surface area contributed by atoms with Crippen LogP contribution in [0.25, 0.3) is 0 Å². The maximum atomic E-state index is 12.8. The number of carbonyl (C=O) groups is 1.